The minimum atomic E-state index is -3.96. The lowest BCUT2D eigenvalue weighted by Crippen LogP contribution is -2.17. The van der Waals surface area contributed by atoms with Crippen LogP contribution in [0.5, 0.6) is 17.2 Å². The van der Waals surface area contributed by atoms with Gasteiger partial charge in [0.25, 0.3) is 10.0 Å². The monoisotopic (exact) mass is 445 g/mol. The minimum absolute atomic E-state index is 0.0524. The maximum atomic E-state index is 13.5. The molecule has 1 aliphatic heterocycles. The van der Waals surface area contributed by atoms with Crippen molar-refractivity contribution in [1.29, 1.82) is 0 Å². The van der Waals surface area contributed by atoms with Gasteiger partial charge in [0.2, 0.25) is 0 Å². The second-order valence-electron chi connectivity index (χ2n) is 7.50. The van der Waals surface area contributed by atoms with Crippen molar-refractivity contribution in [2.24, 2.45) is 0 Å². The number of hydrogen-bond acceptors (Lipinski definition) is 6. The average molecular weight is 445 g/mol. The molecule has 3 aromatic rings. The summed E-state index contributed by atoms with van der Waals surface area (Å²) in [6.45, 7) is 4.55. The summed E-state index contributed by atoms with van der Waals surface area (Å²) in [4.78, 5) is 11.2. The Kier molecular flexibility index (Phi) is 5.53. The molecular weight excluding hydrogens is 422 g/mol. The molecule has 9 heteroatoms. The number of ether oxygens (including phenoxy) is 3. The van der Waals surface area contributed by atoms with E-state index in [1.807, 2.05) is 13.8 Å². The van der Waals surface area contributed by atoms with Crippen molar-refractivity contribution in [2.45, 2.75) is 37.7 Å². The van der Waals surface area contributed by atoms with Crippen LogP contribution in [0.25, 0.3) is 10.9 Å². The van der Waals surface area contributed by atoms with Gasteiger partial charge in [0.15, 0.2) is 11.5 Å². The Morgan fingerprint density at radius 1 is 1.13 bits per heavy atom. The van der Waals surface area contributed by atoms with Gasteiger partial charge in [-0.25, -0.2) is 12.4 Å². The summed E-state index contributed by atoms with van der Waals surface area (Å²) in [5.74, 6) is 0.515. The van der Waals surface area contributed by atoms with E-state index >= 15 is 0 Å². The standard InChI is InChI=1S/C22H23NO7S/c1-14(2)30-16-4-6-19-18(11-16)15(3-8-22(24)25)13-23(19)31(26,27)17-5-7-20-21(12-17)29-10-9-28-20/h4-7,11-14H,3,8-10H2,1-2H3,(H,24,25). The van der Waals surface area contributed by atoms with Crippen molar-refractivity contribution in [3.8, 4) is 17.2 Å². The molecule has 2 heterocycles. The molecule has 31 heavy (non-hydrogen) atoms. The van der Waals surface area contributed by atoms with Crippen LogP contribution in [-0.2, 0) is 21.2 Å². The molecule has 4 rings (SSSR count). The summed E-state index contributed by atoms with van der Waals surface area (Å²) in [6, 6.07) is 9.63. The summed E-state index contributed by atoms with van der Waals surface area (Å²) < 4.78 is 44.9. The van der Waals surface area contributed by atoms with E-state index in [0.29, 0.717) is 46.9 Å². The Bertz CT molecular complexity index is 1240. The summed E-state index contributed by atoms with van der Waals surface area (Å²) in [5, 5.41) is 9.74. The number of fused-ring (bicyclic) bond motifs is 2. The molecule has 1 aliphatic rings. The van der Waals surface area contributed by atoms with E-state index in [4.69, 9.17) is 19.3 Å². The Morgan fingerprint density at radius 3 is 2.58 bits per heavy atom. The lowest BCUT2D eigenvalue weighted by Gasteiger charge is -2.19. The molecule has 8 nitrogen and oxygen atoms in total. The van der Waals surface area contributed by atoms with E-state index in [2.05, 4.69) is 0 Å². The summed E-state index contributed by atoms with van der Waals surface area (Å²) in [5.41, 5.74) is 1.07. The molecular formula is C22H23NO7S. The zero-order chi connectivity index (χ0) is 22.2. The van der Waals surface area contributed by atoms with E-state index in [1.54, 1.807) is 24.3 Å². The van der Waals surface area contributed by atoms with Gasteiger partial charge in [-0.3, -0.25) is 4.79 Å². The highest BCUT2D eigenvalue weighted by atomic mass is 32.2. The van der Waals surface area contributed by atoms with Crippen molar-refractivity contribution >= 4 is 26.9 Å². The Labute approximate surface area is 180 Å². The summed E-state index contributed by atoms with van der Waals surface area (Å²) in [7, 11) is -3.96. The molecule has 0 unspecified atom stereocenters. The third-order valence-electron chi connectivity index (χ3n) is 4.87. The lowest BCUT2D eigenvalue weighted by molar-refractivity contribution is -0.136. The fraction of sp³-hybridized carbons (Fsp3) is 0.318. The van der Waals surface area contributed by atoms with Gasteiger partial charge < -0.3 is 19.3 Å². The molecule has 0 saturated carbocycles. The van der Waals surface area contributed by atoms with Gasteiger partial charge in [-0.1, -0.05) is 0 Å². The van der Waals surface area contributed by atoms with Crippen LogP contribution in [0, 0.1) is 0 Å². The van der Waals surface area contributed by atoms with E-state index in [9.17, 15) is 13.2 Å². The molecule has 1 aromatic heterocycles. The van der Waals surface area contributed by atoms with Gasteiger partial charge in [-0.2, -0.15) is 0 Å². The maximum Gasteiger partial charge on any atom is 0.303 e. The highest BCUT2D eigenvalue weighted by Gasteiger charge is 2.24. The van der Waals surface area contributed by atoms with Crippen LogP contribution in [0.1, 0.15) is 25.8 Å². The number of carboxylic acids is 1. The summed E-state index contributed by atoms with van der Waals surface area (Å²) in [6.07, 6.45) is 1.52. The molecule has 164 valence electrons. The van der Waals surface area contributed by atoms with Crippen molar-refractivity contribution in [1.82, 2.24) is 3.97 Å². The van der Waals surface area contributed by atoms with Crippen LogP contribution >= 0.6 is 0 Å². The largest absolute Gasteiger partial charge is 0.491 e. The van der Waals surface area contributed by atoms with E-state index < -0.39 is 16.0 Å². The molecule has 0 bridgehead atoms. The van der Waals surface area contributed by atoms with Crippen molar-refractivity contribution < 1.29 is 32.5 Å². The number of nitrogens with zero attached hydrogens (tertiary/aromatic N) is 1. The van der Waals surface area contributed by atoms with E-state index in [0.717, 1.165) is 0 Å². The van der Waals surface area contributed by atoms with Gasteiger partial charge in [0.05, 0.1) is 16.5 Å². The third kappa shape index (κ3) is 4.18. The second kappa shape index (κ2) is 8.14. The van der Waals surface area contributed by atoms with Crippen LogP contribution in [-0.4, -0.2) is 42.8 Å². The topological polar surface area (TPSA) is 104 Å². The van der Waals surface area contributed by atoms with Crippen molar-refractivity contribution in [3.63, 3.8) is 0 Å². The van der Waals surface area contributed by atoms with Crippen LogP contribution < -0.4 is 14.2 Å². The fourth-order valence-electron chi connectivity index (χ4n) is 3.53. The Balaban J connectivity index is 1.82. The first kappa shape index (κ1) is 21.0. The normalized spacial score (nSPS) is 13.5. The van der Waals surface area contributed by atoms with E-state index in [1.165, 1.54) is 22.3 Å². The van der Waals surface area contributed by atoms with Gasteiger partial charge in [0.1, 0.15) is 19.0 Å². The molecule has 2 aromatic carbocycles. The van der Waals surface area contributed by atoms with Crippen LogP contribution in [0.15, 0.2) is 47.5 Å². The number of aliphatic carboxylic acids is 1. The SMILES string of the molecule is CC(C)Oc1ccc2c(c1)c(CCC(=O)O)cn2S(=O)(=O)c1ccc2c(c1)OCCO2. The quantitative estimate of drug-likeness (QED) is 0.594. The van der Waals surface area contributed by atoms with Crippen LogP contribution in [0.2, 0.25) is 0 Å². The molecule has 1 N–H and O–H groups in total. The minimum Gasteiger partial charge on any atom is -0.491 e. The number of hydrogen-bond donors (Lipinski definition) is 1. The second-order valence-corrected chi connectivity index (χ2v) is 9.31. The predicted molar refractivity (Wildman–Crippen MR) is 114 cm³/mol. The highest BCUT2D eigenvalue weighted by Crippen LogP contribution is 2.35. The Hall–Kier alpha value is -3.20. The van der Waals surface area contributed by atoms with Gasteiger partial charge in [-0.15, -0.1) is 0 Å². The number of carbonyl (C=O) groups is 1. The molecule has 0 saturated heterocycles. The average Bonchev–Trinajstić information content (AvgIpc) is 3.10. The maximum absolute atomic E-state index is 13.5. The number of aryl methyl sites for hydroxylation is 1. The lowest BCUT2D eigenvalue weighted by atomic mass is 10.1. The van der Waals surface area contributed by atoms with Crippen molar-refractivity contribution in [2.75, 3.05) is 13.2 Å². The Morgan fingerprint density at radius 2 is 1.87 bits per heavy atom. The molecule has 0 radical (unpaired) electrons. The zero-order valence-electron chi connectivity index (χ0n) is 17.2. The highest BCUT2D eigenvalue weighted by molar-refractivity contribution is 7.90. The molecule has 0 spiro atoms. The van der Waals surface area contributed by atoms with Gasteiger partial charge in [-0.05, 0) is 56.2 Å². The van der Waals surface area contributed by atoms with Gasteiger partial charge >= 0.3 is 5.97 Å². The molecule has 0 amide bonds. The van der Waals surface area contributed by atoms with Crippen LogP contribution in [0.3, 0.4) is 0 Å². The first-order chi connectivity index (χ1) is 14.8. The number of carboxylic acid groups (broad SMARTS) is 1. The van der Waals surface area contributed by atoms with E-state index in [-0.39, 0.29) is 23.8 Å². The first-order valence-electron chi connectivity index (χ1n) is 9.93. The number of benzene rings is 2. The molecule has 0 fully saturated rings. The summed E-state index contributed by atoms with van der Waals surface area (Å²) >= 11 is 0. The predicted octanol–water partition coefficient (Wildman–Crippen LogP) is 3.45. The first-order valence-corrected chi connectivity index (χ1v) is 11.4. The zero-order valence-corrected chi connectivity index (χ0v) is 18.0. The van der Waals surface area contributed by atoms with Gasteiger partial charge in [0, 0.05) is 24.1 Å². The smallest absolute Gasteiger partial charge is 0.303 e. The number of rotatable bonds is 7. The van der Waals surface area contributed by atoms with Crippen LogP contribution in [0.4, 0.5) is 0 Å². The van der Waals surface area contributed by atoms with Crippen molar-refractivity contribution in [3.05, 3.63) is 48.2 Å². The molecule has 0 aliphatic carbocycles. The fourth-order valence-corrected chi connectivity index (χ4v) is 4.94. The third-order valence-corrected chi connectivity index (χ3v) is 6.54. The number of aromatic nitrogens is 1. The molecule has 0 atom stereocenters.